The van der Waals surface area contributed by atoms with E-state index in [0.717, 1.165) is 50.1 Å². The van der Waals surface area contributed by atoms with Gasteiger partial charge in [0.2, 0.25) is 0 Å². The quantitative estimate of drug-likeness (QED) is 0.0247. The zero-order valence-electron chi connectivity index (χ0n) is 44.9. The van der Waals surface area contributed by atoms with Crippen LogP contribution in [0, 0.1) is 5.41 Å². The lowest BCUT2D eigenvalue weighted by Crippen LogP contribution is -2.43. The van der Waals surface area contributed by atoms with Gasteiger partial charge < -0.3 is 29.5 Å². The molecule has 11 nitrogen and oxygen atoms in total. The average Bonchev–Trinajstić information content (AvgIpc) is 3.19. The van der Waals surface area contributed by atoms with Crippen molar-refractivity contribution in [3.63, 3.8) is 0 Å². The molecule has 0 aliphatic heterocycles. The van der Waals surface area contributed by atoms with Gasteiger partial charge in [-0.2, -0.15) is 0 Å². The van der Waals surface area contributed by atoms with E-state index in [1.54, 1.807) is 0 Å². The fraction of sp³-hybridized carbons (Fsp3) is 0.632. The molecule has 0 amide bonds. The van der Waals surface area contributed by atoms with Gasteiger partial charge in [-0.05, 0) is 108 Å². The van der Waals surface area contributed by atoms with Crippen LogP contribution in [0.25, 0.3) is 0 Å². The lowest BCUT2D eigenvalue weighted by atomic mass is 9.78. The molecule has 0 radical (unpaired) electrons. The number of carbonyl (C=O) groups excluding carboxylic acids is 3. The van der Waals surface area contributed by atoms with E-state index in [0.29, 0.717) is 31.4 Å². The van der Waals surface area contributed by atoms with Crippen LogP contribution in [0.1, 0.15) is 194 Å². The summed E-state index contributed by atoms with van der Waals surface area (Å²) in [5, 5.41) is 33.6. The number of aromatic hydroxyl groups is 3. The van der Waals surface area contributed by atoms with Crippen molar-refractivity contribution in [2.75, 3.05) is 33.0 Å². The van der Waals surface area contributed by atoms with Crippen molar-refractivity contribution in [1.29, 1.82) is 0 Å². The van der Waals surface area contributed by atoms with Gasteiger partial charge >= 0.3 is 11.9 Å². The van der Waals surface area contributed by atoms with Crippen molar-refractivity contribution in [1.82, 2.24) is 0 Å². The molecular formula is C57H86O11. The van der Waals surface area contributed by atoms with Crippen LogP contribution < -0.4 is 0 Å². The number of carbonyl (C=O) groups is 3. The topological polar surface area (TPSA) is 158 Å². The van der Waals surface area contributed by atoms with Crippen molar-refractivity contribution < 1.29 is 53.7 Å². The van der Waals surface area contributed by atoms with Gasteiger partial charge in [0.1, 0.15) is 37.1 Å². The first-order valence-corrected chi connectivity index (χ1v) is 24.2. The average molecular weight is 947 g/mol. The number of rotatable bonds is 20. The molecule has 0 aliphatic carbocycles. The lowest BCUT2D eigenvalue weighted by molar-refractivity contribution is -0.316. The van der Waals surface area contributed by atoms with Gasteiger partial charge in [-0.1, -0.05) is 161 Å². The Hall–Kier alpha value is -4.61. The Kier molecular flexibility index (Phi) is 19.0. The van der Waals surface area contributed by atoms with Crippen LogP contribution in [0.5, 0.6) is 17.2 Å². The smallest absolute Gasteiger partial charge is 0.306 e. The zero-order valence-corrected chi connectivity index (χ0v) is 44.9. The number of phenolic OH excluding ortho intramolecular Hbond substituents is 3. The molecule has 0 saturated heterocycles. The minimum absolute atomic E-state index is 0.0184. The van der Waals surface area contributed by atoms with E-state index in [-0.39, 0.29) is 96.3 Å². The summed E-state index contributed by atoms with van der Waals surface area (Å²) < 4.78 is 17.0. The van der Waals surface area contributed by atoms with Gasteiger partial charge in [-0.25, -0.2) is 9.78 Å². The highest BCUT2D eigenvalue weighted by molar-refractivity contribution is 5.70. The molecule has 0 bridgehead atoms. The standard InChI is InChI=1S/C57H86O11/c1-51(2,3)40-26-37(27-41(48(40)61)52(4,5)6)20-19-25-67-68-35-57(32-64-36-58,33-65-46(59)23-21-38-28-42(53(7,8)9)49(62)43(29-38)54(10,11)12)34-66-47(60)24-22-39-30-44(55(13,14)15)50(63)45(31-39)56(16,17)18/h26-31,36,61-63H,19-25,32-35H2,1-18H3. The van der Waals surface area contributed by atoms with E-state index in [1.807, 2.05) is 119 Å². The van der Waals surface area contributed by atoms with Crippen LogP contribution in [0.15, 0.2) is 36.4 Å². The highest BCUT2D eigenvalue weighted by atomic mass is 17.2. The summed E-state index contributed by atoms with van der Waals surface area (Å²) in [4.78, 5) is 50.2. The minimum Gasteiger partial charge on any atom is -0.507 e. The summed E-state index contributed by atoms with van der Waals surface area (Å²) in [5.41, 5.74) is 4.49. The monoisotopic (exact) mass is 947 g/mol. The van der Waals surface area contributed by atoms with E-state index >= 15 is 0 Å². The van der Waals surface area contributed by atoms with E-state index in [2.05, 4.69) is 41.5 Å². The summed E-state index contributed by atoms with van der Waals surface area (Å²) in [6, 6.07) is 11.8. The Balaban J connectivity index is 1.84. The van der Waals surface area contributed by atoms with Crippen LogP contribution in [0.2, 0.25) is 0 Å². The molecule has 11 heteroatoms. The summed E-state index contributed by atoms with van der Waals surface area (Å²) in [6.45, 7) is 36.2. The first kappa shape index (κ1) is 57.7. The predicted molar refractivity (Wildman–Crippen MR) is 270 cm³/mol. The SMILES string of the molecule is CC(C)(C)c1cc(CCCOOCC(COC=O)(COC(=O)CCc2cc(C(C)(C)C)c(O)c(C(C)(C)C)c2)COC(=O)CCc2cc(C(C)(C)C)c(O)c(C(C)(C)C)c2)cc(C(C)(C)C)c1O. The predicted octanol–water partition coefficient (Wildman–Crippen LogP) is 12.0. The Morgan fingerprint density at radius 2 is 0.735 bits per heavy atom. The first-order chi connectivity index (χ1) is 31.0. The molecule has 0 atom stereocenters. The maximum absolute atomic E-state index is 13.5. The second-order valence-electron chi connectivity index (χ2n) is 25.0. The molecule has 0 fully saturated rings. The number of phenols is 3. The number of hydrogen-bond acceptors (Lipinski definition) is 11. The molecule has 0 aliphatic rings. The molecule has 3 aromatic rings. The Bertz CT molecular complexity index is 1990. The maximum atomic E-state index is 13.5. The molecule has 0 saturated carbocycles. The summed E-state index contributed by atoms with van der Waals surface area (Å²) >= 11 is 0. The van der Waals surface area contributed by atoms with E-state index in [1.165, 1.54) is 0 Å². The van der Waals surface area contributed by atoms with Gasteiger partial charge in [-0.15, -0.1) is 0 Å². The molecule has 0 spiro atoms. The van der Waals surface area contributed by atoms with Crippen LogP contribution in [-0.2, 0) is 90.1 Å². The molecule has 3 rings (SSSR count). The van der Waals surface area contributed by atoms with Crippen LogP contribution in [0.3, 0.4) is 0 Å². The van der Waals surface area contributed by atoms with Crippen molar-refractivity contribution in [2.45, 2.75) is 196 Å². The third kappa shape index (κ3) is 16.5. The van der Waals surface area contributed by atoms with Crippen molar-refractivity contribution >= 4 is 18.4 Å². The molecule has 3 N–H and O–H groups in total. The number of esters is 2. The third-order valence-corrected chi connectivity index (χ3v) is 12.3. The highest BCUT2D eigenvalue weighted by Crippen LogP contribution is 2.43. The van der Waals surface area contributed by atoms with Crippen LogP contribution in [0.4, 0.5) is 0 Å². The Labute approximate surface area is 408 Å². The number of aryl methyl sites for hydroxylation is 3. The molecule has 380 valence electrons. The molecular weight excluding hydrogens is 861 g/mol. The Morgan fingerprint density at radius 3 is 1.01 bits per heavy atom. The van der Waals surface area contributed by atoms with Crippen LogP contribution in [-0.4, -0.2) is 66.8 Å². The molecule has 0 heterocycles. The van der Waals surface area contributed by atoms with Crippen molar-refractivity contribution in [3.8, 4) is 17.2 Å². The molecule has 68 heavy (non-hydrogen) atoms. The maximum Gasteiger partial charge on any atom is 0.306 e. The third-order valence-electron chi connectivity index (χ3n) is 12.3. The second kappa shape index (κ2) is 22.4. The van der Waals surface area contributed by atoms with Gasteiger partial charge in [0.05, 0.1) is 18.6 Å². The van der Waals surface area contributed by atoms with Crippen LogP contribution >= 0.6 is 0 Å². The first-order valence-electron chi connectivity index (χ1n) is 24.2. The van der Waals surface area contributed by atoms with Gasteiger partial charge in [0.15, 0.2) is 0 Å². The fourth-order valence-electron chi connectivity index (χ4n) is 8.07. The van der Waals surface area contributed by atoms with Crippen molar-refractivity contribution in [3.05, 3.63) is 86.5 Å². The minimum atomic E-state index is -1.33. The van der Waals surface area contributed by atoms with Crippen molar-refractivity contribution in [2.24, 2.45) is 5.41 Å². The number of ether oxygens (including phenoxy) is 3. The zero-order chi connectivity index (χ0) is 51.8. The number of benzene rings is 3. The summed E-state index contributed by atoms with van der Waals surface area (Å²) in [5.74, 6) is -0.219. The largest absolute Gasteiger partial charge is 0.507 e. The fourth-order valence-corrected chi connectivity index (χ4v) is 8.07. The number of hydrogen-bond donors (Lipinski definition) is 3. The van der Waals surface area contributed by atoms with E-state index in [9.17, 15) is 29.7 Å². The molecule has 0 unspecified atom stereocenters. The summed E-state index contributed by atoms with van der Waals surface area (Å²) in [6.07, 6.45) is 1.96. The summed E-state index contributed by atoms with van der Waals surface area (Å²) in [7, 11) is 0. The van der Waals surface area contributed by atoms with Gasteiger partial charge in [-0.3, -0.25) is 14.4 Å². The molecule has 0 aromatic heterocycles. The molecule has 3 aromatic carbocycles. The van der Waals surface area contributed by atoms with Gasteiger partial charge in [0, 0.05) is 12.8 Å². The van der Waals surface area contributed by atoms with Gasteiger partial charge in [0.25, 0.3) is 6.47 Å². The Morgan fingerprint density at radius 1 is 0.441 bits per heavy atom. The lowest BCUT2D eigenvalue weighted by Gasteiger charge is -2.31. The van der Waals surface area contributed by atoms with E-state index in [4.69, 9.17) is 24.0 Å². The normalized spacial score (nSPS) is 13.1. The van der Waals surface area contributed by atoms with E-state index < -0.39 is 17.4 Å². The highest BCUT2D eigenvalue weighted by Gasteiger charge is 2.37. The second-order valence-corrected chi connectivity index (χ2v) is 25.0.